The number of hydrogen-bond donors (Lipinski definition) is 0. The molecule has 1 fully saturated rings. The Bertz CT molecular complexity index is 842. The highest BCUT2D eigenvalue weighted by atomic mass is 32.2. The van der Waals surface area contributed by atoms with Crippen molar-refractivity contribution in [3.63, 3.8) is 0 Å². The van der Waals surface area contributed by atoms with Crippen molar-refractivity contribution in [2.24, 2.45) is 12.0 Å². The molecule has 1 aromatic carbocycles. The van der Waals surface area contributed by atoms with Crippen LogP contribution in [0.15, 0.2) is 34.2 Å². The summed E-state index contributed by atoms with van der Waals surface area (Å²) in [5.74, 6) is 0. The van der Waals surface area contributed by atoms with Gasteiger partial charge in [-0.15, -0.1) is 0 Å². The van der Waals surface area contributed by atoms with Gasteiger partial charge in [0, 0.05) is 18.9 Å². The molecule has 1 aliphatic carbocycles. The zero-order valence-corrected chi connectivity index (χ0v) is 15.0. The molecule has 2 aromatic rings. The first-order valence-corrected chi connectivity index (χ1v) is 10.5. The Labute approximate surface area is 140 Å². The fourth-order valence-electron chi connectivity index (χ4n) is 2.79. The van der Waals surface area contributed by atoms with E-state index in [9.17, 15) is 8.42 Å². The van der Waals surface area contributed by atoms with Crippen LogP contribution in [0, 0.1) is 0 Å². The van der Waals surface area contributed by atoms with Crippen LogP contribution >= 0.6 is 11.3 Å². The molecule has 5 nitrogen and oxygen atoms in total. The van der Waals surface area contributed by atoms with Gasteiger partial charge in [0.25, 0.3) is 0 Å². The Balaban J connectivity index is 1.89. The van der Waals surface area contributed by atoms with Gasteiger partial charge in [-0.05, 0) is 25.0 Å². The van der Waals surface area contributed by atoms with Crippen LogP contribution in [-0.2, 0) is 16.9 Å². The number of aromatic nitrogens is 2. The van der Waals surface area contributed by atoms with Gasteiger partial charge in [-0.25, -0.2) is 13.1 Å². The lowest BCUT2D eigenvalue weighted by atomic mass is 9.96. The van der Waals surface area contributed by atoms with Crippen LogP contribution in [0.2, 0.25) is 0 Å². The Kier molecular flexibility index (Phi) is 4.68. The van der Waals surface area contributed by atoms with Crippen LogP contribution < -0.4 is 4.80 Å². The second-order valence-corrected chi connectivity index (χ2v) is 9.00. The van der Waals surface area contributed by atoms with Crippen LogP contribution in [0.25, 0.3) is 10.6 Å². The Hall–Kier alpha value is -1.47. The van der Waals surface area contributed by atoms with Gasteiger partial charge >= 0.3 is 0 Å². The van der Waals surface area contributed by atoms with E-state index in [1.54, 1.807) is 35.6 Å². The molecule has 0 aliphatic heterocycles. The van der Waals surface area contributed by atoms with Gasteiger partial charge in [0.1, 0.15) is 5.01 Å². The van der Waals surface area contributed by atoms with Gasteiger partial charge in [0.15, 0.2) is 9.84 Å². The first-order valence-electron chi connectivity index (χ1n) is 7.82. The van der Waals surface area contributed by atoms with E-state index in [0.717, 1.165) is 28.2 Å². The molecule has 23 heavy (non-hydrogen) atoms. The molecule has 0 spiro atoms. The molecule has 1 aromatic heterocycles. The molecule has 7 heteroatoms. The minimum Gasteiger partial charge on any atom is -0.254 e. The third-order valence-corrected chi connectivity index (χ3v) is 6.29. The molecule has 1 heterocycles. The zero-order valence-electron chi connectivity index (χ0n) is 13.4. The van der Waals surface area contributed by atoms with E-state index in [4.69, 9.17) is 4.99 Å². The van der Waals surface area contributed by atoms with E-state index in [1.807, 2.05) is 11.7 Å². The number of benzene rings is 1. The fraction of sp³-hybridized carbons (Fsp3) is 0.500. The van der Waals surface area contributed by atoms with Crippen LogP contribution in [0.5, 0.6) is 0 Å². The Morgan fingerprint density at radius 2 is 1.83 bits per heavy atom. The van der Waals surface area contributed by atoms with E-state index in [1.165, 1.54) is 25.5 Å². The van der Waals surface area contributed by atoms with E-state index in [-0.39, 0.29) is 0 Å². The number of hydrogen-bond acceptors (Lipinski definition) is 5. The summed E-state index contributed by atoms with van der Waals surface area (Å²) >= 11 is 1.56. The van der Waals surface area contributed by atoms with E-state index >= 15 is 0 Å². The summed E-state index contributed by atoms with van der Waals surface area (Å²) in [4.78, 5) is 6.10. The summed E-state index contributed by atoms with van der Waals surface area (Å²) < 4.78 is 24.9. The van der Waals surface area contributed by atoms with Crippen LogP contribution in [0.3, 0.4) is 0 Å². The van der Waals surface area contributed by atoms with Crippen molar-refractivity contribution in [1.82, 2.24) is 9.78 Å². The van der Waals surface area contributed by atoms with Crippen molar-refractivity contribution in [3.05, 3.63) is 29.1 Å². The minimum atomic E-state index is -3.16. The maximum atomic E-state index is 11.5. The lowest BCUT2D eigenvalue weighted by Gasteiger charge is -2.16. The topological polar surface area (TPSA) is 64.3 Å². The molecule has 124 valence electrons. The third kappa shape index (κ3) is 3.90. The molecule has 3 rings (SSSR count). The molecule has 0 radical (unpaired) electrons. The van der Waals surface area contributed by atoms with Gasteiger partial charge < -0.3 is 0 Å². The van der Waals surface area contributed by atoms with E-state index in [2.05, 4.69) is 5.10 Å². The first kappa shape index (κ1) is 16.4. The van der Waals surface area contributed by atoms with E-state index < -0.39 is 9.84 Å². The second-order valence-electron chi connectivity index (χ2n) is 6.03. The molecule has 1 aliphatic rings. The van der Waals surface area contributed by atoms with Crippen LogP contribution in [-0.4, -0.2) is 30.5 Å². The highest BCUT2D eigenvalue weighted by molar-refractivity contribution is 7.90. The lowest BCUT2D eigenvalue weighted by Crippen LogP contribution is -2.18. The smallest absolute Gasteiger partial charge is 0.203 e. The molecule has 1 saturated carbocycles. The van der Waals surface area contributed by atoms with Gasteiger partial charge in [-0.2, -0.15) is 5.10 Å². The molecule has 0 bridgehead atoms. The highest BCUT2D eigenvalue weighted by Gasteiger charge is 2.13. The van der Waals surface area contributed by atoms with E-state index in [0.29, 0.717) is 10.9 Å². The standard InChI is InChI=1S/C16H21N3O2S2/c1-19-16(17-13-6-4-3-5-7-13)22-15(18-19)12-8-10-14(11-9-12)23(2,20)21/h8-11,13H,3-7H2,1-2H3. The average Bonchev–Trinajstić information content (AvgIpc) is 2.89. The number of aryl methyl sites for hydroxylation is 1. The summed E-state index contributed by atoms with van der Waals surface area (Å²) in [5.41, 5.74) is 0.920. The predicted molar refractivity (Wildman–Crippen MR) is 92.1 cm³/mol. The zero-order chi connectivity index (χ0) is 16.4. The molecule has 0 amide bonds. The Morgan fingerprint density at radius 3 is 2.43 bits per heavy atom. The summed E-state index contributed by atoms with van der Waals surface area (Å²) in [6.45, 7) is 0. The largest absolute Gasteiger partial charge is 0.254 e. The quantitative estimate of drug-likeness (QED) is 0.854. The van der Waals surface area contributed by atoms with Crippen LogP contribution in [0.1, 0.15) is 32.1 Å². The fourth-order valence-corrected chi connectivity index (χ4v) is 4.38. The number of nitrogens with zero attached hydrogens (tertiary/aromatic N) is 3. The molecule has 0 unspecified atom stereocenters. The minimum absolute atomic E-state index is 0.328. The maximum Gasteiger partial charge on any atom is 0.203 e. The summed E-state index contributed by atoms with van der Waals surface area (Å²) in [6.07, 6.45) is 7.38. The Morgan fingerprint density at radius 1 is 1.17 bits per heavy atom. The molecule has 0 N–H and O–H groups in total. The van der Waals surface area contributed by atoms with Crippen molar-refractivity contribution in [2.75, 3.05) is 6.26 Å². The molecular formula is C16H21N3O2S2. The number of sulfone groups is 1. The van der Waals surface area contributed by atoms with Crippen molar-refractivity contribution < 1.29 is 8.42 Å². The average molecular weight is 351 g/mol. The summed E-state index contributed by atoms with van der Waals surface area (Å²) in [6, 6.07) is 7.28. The monoisotopic (exact) mass is 351 g/mol. The number of rotatable bonds is 3. The molecule has 0 atom stereocenters. The van der Waals surface area contributed by atoms with Crippen LogP contribution in [0.4, 0.5) is 0 Å². The summed E-state index contributed by atoms with van der Waals surface area (Å²) in [5, 5.41) is 5.39. The molecular weight excluding hydrogens is 330 g/mol. The summed E-state index contributed by atoms with van der Waals surface area (Å²) in [7, 11) is -1.26. The maximum absolute atomic E-state index is 11.5. The normalized spacial score (nSPS) is 17.6. The van der Waals surface area contributed by atoms with Crippen molar-refractivity contribution in [1.29, 1.82) is 0 Å². The SMILES string of the molecule is Cn1nc(-c2ccc(S(C)(=O)=O)cc2)sc1=NC1CCCCC1. The van der Waals surface area contributed by atoms with Crippen molar-refractivity contribution in [3.8, 4) is 10.6 Å². The van der Waals surface area contributed by atoms with Crippen molar-refractivity contribution in [2.45, 2.75) is 43.0 Å². The molecule has 0 saturated heterocycles. The van der Waals surface area contributed by atoms with Gasteiger partial charge in [0.05, 0.1) is 10.9 Å². The van der Waals surface area contributed by atoms with Gasteiger partial charge in [-0.1, -0.05) is 42.7 Å². The highest BCUT2D eigenvalue weighted by Crippen LogP contribution is 2.23. The third-order valence-electron chi connectivity index (χ3n) is 4.10. The van der Waals surface area contributed by atoms with Gasteiger partial charge in [0.2, 0.25) is 4.80 Å². The predicted octanol–water partition coefficient (Wildman–Crippen LogP) is 2.79. The second kappa shape index (κ2) is 6.57. The lowest BCUT2D eigenvalue weighted by molar-refractivity contribution is 0.434. The van der Waals surface area contributed by atoms with Crippen molar-refractivity contribution >= 4 is 21.2 Å². The first-order chi connectivity index (χ1) is 10.9. The van der Waals surface area contributed by atoms with Gasteiger partial charge in [-0.3, -0.25) is 4.99 Å².